The van der Waals surface area contributed by atoms with E-state index >= 15 is 0 Å². The molecule has 5 nitrogen and oxygen atoms in total. The maximum Gasteiger partial charge on any atom is 0.430 e. The molecule has 0 radical (unpaired) electrons. The van der Waals surface area contributed by atoms with Gasteiger partial charge in [0.25, 0.3) is 11.5 Å². The molecule has 1 unspecified atom stereocenters. The standard InChI is InChI=1S/C29H25F7N2O3S/c1-3-42-21-9-11-23-18(14-21)12-13-37(2)25(23)26(40)38(16-39)20-7-4-17(5-8-20)22-10-6-19(15-24(22)30)27(41,28(31,32)33)29(34,35)36/h4-11,14-16,25,41H,3,12-13H2,1-2H3. The molecule has 0 spiro atoms. The Morgan fingerprint density at radius 1 is 1.02 bits per heavy atom. The van der Waals surface area contributed by atoms with Gasteiger partial charge < -0.3 is 5.11 Å². The number of carbonyl (C=O) groups is 2. The van der Waals surface area contributed by atoms with Crippen molar-refractivity contribution in [3.63, 3.8) is 0 Å². The normalized spacial score (nSPS) is 16.2. The van der Waals surface area contributed by atoms with Crippen LogP contribution in [0.25, 0.3) is 11.1 Å². The number of amides is 2. The van der Waals surface area contributed by atoms with Crippen molar-refractivity contribution in [3.8, 4) is 11.1 Å². The number of halogens is 7. The number of likely N-dealkylation sites (N-methyl/N-ethyl adjacent to an activating group) is 1. The first-order chi connectivity index (χ1) is 19.6. The number of nitrogens with zero attached hydrogens (tertiary/aromatic N) is 2. The summed E-state index contributed by atoms with van der Waals surface area (Å²) in [4.78, 5) is 29.4. The average Bonchev–Trinajstić information content (AvgIpc) is 2.92. The summed E-state index contributed by atoms with van der Waals surface area (Å²) in [6.45, 7) is 2.60. The Morgan fingerprint density at radius 3 is 2.21 bits per heavy atom. The van der Waals surface area contributed by atoms with E-state index in [2.05, 4.69) is 0 Å². The van der Waals surface area contributed by atoms with Crippen molar-refractivity contribution in [2.24, 2.45) is 0 Å². The number of benzene rings is 3. The largest absolute Gasteiger partial charge is 0.430 e. The van der Waals surface area contributed by atoms with Crippen molar-refractivity contribution in [1.82, 2.24) is 4.90 Å². The molecule has 1 aliphatic rings. The van der Waals surface area contributed by atoms with Crippen molar-refractivity contribution in [3.05, 3.63) is 83.2 Å². The van der Waals surface area contributed by atoms with Crippen molar-refractivity contribution in [1.29, 1.82) is 0 Å². The molecule has 1 atom stereocenters. The third kappa shape index (κ3) is 5.64. The van der Waals surface area contributed by atoms with Crippen LogP contribution in [0.5, 0.6) is 0 Å². The Labute approximate surface area is 240 Å². The lowest BCUT2D eigenvalue weighted by Crippen LogP contribution is -2.53. The predicted molar refractivity (Wildman–Crippen MR) is 143 cm³/mol. The zero-order chi connectivity index (χ0) is 31.0. The van der Waals surface area contributed by atoms with Crippen molar-refractivity contribution in [2.75, 3.05) is 24.2 Å². The molecule has 3 aromatic rings. The highest BCUT2D eigenvalue weighted by atomic mass is 32.2. The minimum absolute atomic E-state index is 0.0216. The number of imide groups is 1. The molecule has 3 aromatic carbocycles. The molecule has 1 N–H and O–H groups in total. The van der Waals surface area contributed by atoms with E-state index in [0.717, 1.165) is 33.1 Å². The van der Waals surface area contributed by atoms with Crippen LogP contribution >= 0.6 is 11.8 Å². The van der Waals surface area contributed by atoms with Crippen LogP contribution in [0, 0.1) is 5.82 Å². The molecule has 0 aromatic heterocycles. The molecule has 0 saturated carbocycles. The van der Waals surface area contributed by atoms with Gasteiger partial charge in [-0.2, -0.15) is 26.3 Å². The molecule has 2 amide bonds. The lowest BCUT2D eigenvalue weighted by Gasteiger charge is -2.35. The first-order valence-electron chi connectivity index (χ1n) is 12.6. The van der Waals surface area contributed by atoms with E-state index in [1.807, 2.05) is 30.0 Å². The number of aliphatic hydroxyl groups is 1. The third-order valence-corrected chi connectivity index (χ3v) is 8.01. The molecule has 0 saturated heterocycles. The summed E-state index contributed by atoms with van der Waals surface area (Å²) in [6, 6.07) is 11.2. The monoisotopic (exact) mass is 614 g/mol. The highest BCUT2D eigenvalue weighted by Crippen LogP contribution is 2.50. The van der Waals surface area contributed by atoms with E-state index in [9.17, 15) is 45.4 Å². The van der Waals surface area contributed by atoms with E-state index in [-0.39, 0.29) is 22.9 Å². The quantitative estimate of drug-likeness (QED) is 0.184. The number of alkyl halides is 6. The second-order valence-electron chi connectivity index (χ2n) is 9.69. The second kappa shape index (κ2) is 11.7. The zero-order valence-electron chi connectivity index (χ0n) is 22.3. The Kier molecular flexibility index (Phi) is 8.77. The van der Waals surface area contributed by atoms with Crippen LogP contribution in [0.4, 0.5) is 36.4 Å². The fraction of sp³-hybridized carbons (Fsp3) is 0.310. The second-order valence-corrected chi connectivity index (χ2v) is 11.0. The molecule has 0 fully saturated rings. The highest BCUT2D eigenvalue weighted by molar-refractivity contribution is 7.99. The Balaban J connectivity index is 1.63. The van der Waals surface area contributed by atoms with Crippen LogP contribution < -0.4 is 4.90 Å². The third-order valence-electron chi connectivity index (χ3n) is 7.14. The van der Waals surface area contributed by atoms with Crippen molar-refractivity contribution in [2.45, 2.75) is 42.2 Å². The topological polar surface area (TPSA) is 60.9 Å². The van der Waals surface area contributed by atoms with Gasteiger partial charge in [0.15, 0.2) is 0 Å². The van der Waals surface area contributed by atoms with Gasteiger partial charge in [0.05, 0.1) is 5.69 Å². The van der Waals surface area contributed by atoms with E-state index in [4.69, 9.17) is 0 Å². The molecule has 224 valence electrons. The lowest BCUT2D eigenvalue weighted by atomic mass is 9.90. The Bertz CT molecular complexity index is 1460. The SMILES string of the molecule is CCSc1ccc2c(c1)CCN(C)C2C(=O)N(C=O)c1ccc(-c2ccc(C(O)(C(F)(F)F)C(F)(F)F)cc2F)cc1. The van der Waals surface area contributed by atoms with Gasteiger partial charge in [-0.3, -0.25) is 19.4 Å². The number of carbonyl (C=O) groups excluding carboxylic acids is 2. The van der Waals surface area contributed by atoms with Crippen LogP contribution in [-0.2, 0) is 21.6 Å². The van der Waals surface area contributed by atoms with Crippen LogP contribution in [0.15, 0.2) is 65.6 Å². The summed E-state index contributed by atoms with van der Waals surface area (Å²) in [5, 5.41) is 9.55. The summed E-state index contributed by atoms with van der Waals surface area (Å²) in [6.07, 6.45) is -11.3. The molecule has 1 aliphatic heterocycles. The van der Waals surface area contributed by atoms with E-state index < -0.39 is 41.3 Å². The summed E-state index contributed by atoms with van der Waals surface area (Å²) < 4.78 is 94.0. The zero-order valence-corrected chi connectivity index (χ0v) is 23.1. The van der Waals surface area contributed by atoms with Gasteiger partial charge in [0.2, 0.25) is 6.41 Å². The minimum atomic E-state index is -6.16. The fourth-order valence-electron chi connectivity index (χ4n) is 4.94. The highest BCUT2D eigenvalue weighted by Gasteiger charge is 2.71. The molecule has 13 heteroatoms. The number of rotatable bonds is 7. The Morgan fingerprint density at radius 2 is 1.67 bits per heavy atom. The lowest BCUT2D eigenvalue weighted by molar-refractivity contribution is -0.376. The van der Waals surface area contributed by atoms with Crippen LogP contribution in [-0.4, -0.2) is 54.0 Å². The maximum atomic E-state index is 14.8. The summed E-state index contributed by atoms with van der Waals surface area (Å²) in [5.41, 5.74) is -5.43. The Hall–Kier alpha value is -3.42. The molecule has 4 rings (SSSR count). The van der Waals surface area contributed by atoms with Crippen LogP contribution in [0.2, 0.25) is 0 Å². The van der Waals surface area contributed by atoms with Gasteiger partial charge in [-0.05, 0) is 66.2 Å². The van der Waals surface area contributed by atoms with Gasteiger partial charge in [0, 0.05) is 22.6 Å². The number of anilines is 1. The molecular weight excluding hydrogens is 589 g/mol. The number of fused-ring (bicyclic) bond motifs is 1. The smallest absolute Gasteiger partial charge is 0.369 e. The molecular formula is C29H25F7N2O3S. The van der Waals surface area contributed by atoms with Gasteiger partial charge in [-0.25, -0.2) is 4.39 Å². The minimum Gasteiger partial charge on any atom is -0.369 e. The van der Waals surface area contributed by atoms with E-state index in [1.54, 1.807) is 18.8 Å². The van der Waals surface area contributed by atoms with E-state index in [1.165, 1.54) is 24.3 Å². The van der Waals surface area contributed by atoms with Crippen LogP contribution in [0.1, 0.15) is 29.7 Å². The van der Waals surface area contributed by atoms with Gasteiger partial charge in [-0.1, -0.05) is 37.3 Å². The van der Waals surface area contributed by atoms with Crippen molar-refractivity contribution < 1.29 is 45.4 Å². The number of hydrogen-bond acceptors (Lipinski definition) is 5. The first kappa shape index (κ1) is 31.5. The van der Waals surface area contributed by atoms with E-state index in [0.29, 0.717) is 25.1 Å². The summed E-state index contributed by atoms with van der Waals surface area (Å²) in [7, 11) is 1.76. The first-order valence-corrected chi connectivity index (χ1v) is 13.6. The maximum absolute atomic E-state index is 14.8. The molecule has 0 aliphatic carbocycles. The molecule has 0 bridgehead atoms. The number of hydrogen-bond donors (Lipinski definition) is 1. The summed E-state index contributed by atoms with van der Waals surface area (Å²) in [5.74, 6) is -1.10. The van der Waals surface area contributed by atoms with Crippen LogP contribution in [0.3, 0.4) is 0 Å². The number of thioether (sulfide) groups is 1. The summed E-state index contributed by atoms with van der Waals surface area (Å²) >= 11 is 1.67. The van der Waals surface area contributed by atoms with Crippen molar-refractivity contribution >= 4 is 29.8 Å². The van der Waals surface area contributed by atoms with Gasteiger partial charge in [0.1, 0.15) is 11.9 Å². The molecule has 1 heterocycles. The predicted octanol–water partition coefficient (Wildman–Crippen LogP) is 6.64. The van der Waals surface area contributed by atoms with Gasteiger partial charge in [-0.15, -0.1) is 11.8 Å². The average molecular weight is 615 g/mol. The molecule has 42 heavy (non-hydrogen) atoms. The van der Waals surface area contributed by atoms with Gasteiger partial charge >= 0.3 is 12.4 Å². The fourth-order valence-corrected chi connectivity index (χ4v) is 5.67.